The standard InChI is InChI=1S/C21H31N3O3/c1-14(24(2)10-11-27-17-6-4-3-5-7-17)23-16-9-8-15-12-19(25)20(21(22)26)18(15)13-16/h8-9,13,17,19-20,25H,3-7,10-12H2,1-2H3,(H2,22,26)/t19-,20-/m1/s1. The minimum Gasteiger partial charge on any atom is -0.392 e. The first-order valence-corrected chi connectivity index (χ1v) is 9.94. The van der Waals surface area contributed by atoms with Crippen molar-refractivity contribution >= 4 is 17.4 Å². The van der Waals surface area contributed by atoms with Gasteiger partial charge in [-0.25, -0.2) is 4.99 Å². The molecule has 0 saturated heterocycles. The summed E-state index contributed by atoms with van der Waals surface area (Å²) < 4.78 is 5.99. The summed E-state index contributed by atoms with van der Waals surface area (Å²) in [6, 6.07) is 5.72. The van der Waals surface area contributed by atoms with Gasteiger partial charge in [0.15, 0.2) is 0 Å². The summed E-state index contributed by atoms with van der Waals surface area (Å²) >= 11 is 0. The van der Waals surface area contributed by atoms with E-state index in [0.717, 1.165) is 29.2 Å². The Hall–Kier alpha value is -1.92. The lowest BCUT2D eigenvalue weighted by Crippen LogP contribution is -2.30. The topological polar surface area (TPSA) is 88.1 Å². The Morgan fingerprint density at radius 1 is 1.33 bits per heavy atom. The number of nitrogens with zero attached hydrogens (tertiary/aromatic N) is 2. The molecule has 2 aliphatic rings. The highest BCUT2D eigenvalue weighted by Crippen LogP contribution is 2.35. The van der Waals surface area contributed by atoms with Crippen molar-refractivity contribution in [3.05, 3.63) is 29.3 Å². The van der Waals surface area contributed by atoms with Crippen LogP contribution in [0.2, 0.25) is 0 Å². The predicted molar refractivity (Wildman–Crippen MR) is 106 cm³/mol. The number of carbonyl (C=O) groups is 1. The van der Waals surface area contributed by atoms with E-state index < -0.39 is 17.9 Å². The van der Waals surface area contributed by atoms with E-state index in [0.29, 0.717) is 19.1 Å². The van der Waals surface area contributed by atoms with Crippen molar-refractivity contribution in [2.45, 2.75) is 63.6 Å². The number of benzene rings is 1. The summed E-state index contributed by atoms with van der Waals surface area (Å²) in [5, 5.41) is 10.1. The van der Waals surface area contributed by atoms with E-state index in [-0.39, 0.29) is 0 Å². The molecule has 0 aliphatic heterocycles. The maximum Gasteiger partial charge on any atom is 0.227 e. The zero-order valence-corrected chi connectivity index (χ0v) is 16.4. The SMILES string of the molecule is CC(=Nc1ccc2c(c1)[C@@H](C(N)=O)[C@H](O)C2)N(C)CCOC1CCCCC1. The molecule has 0 heterocycles. The van der Waals surface area contributed by atoms with Gasteiger partial charge in [0, 0.05) is 13.6 Å². The molecule has 0 bridgehead atoms. The van der Waals surface area contributed by atoms with E-state index in [2.05, 4.69) is 9.89 Å². The summed E-state index contributed by atoms with van der Waals surface area (Å²) in [7, 11) is 2.01. The molecular formula is C21H31N3O3. The molecule has 3 rings (SSSR count). The van der Waals surface area contributed by atoms with Crippen molar-refractivity contribution < 1.29 is 14.6 Å². The zero-order valence-electron chi connectivity index (χ0n) is 16.4. The second kappa shape index (κ2) is 8.85. The molecule has 1 aromatic rings. The van der Waals surface area contributed by atoms with Crippen LogP contribution >= 0.6 is 0 Å². The van der Waals surface area contributed by atoms with Crippen LogP contribution in [-0.2, 0) is 16.0 Å². The van der Waals surface area contributed by atoms with E-state index in [1.807, 2.05) is 32.2 Å². The first-order chi connectivity index (χ1) is 13.0. The lowest BCUT2D eigenvalue weighted by Gasteiger charge is -2.24. The van der Waals surface area contributed by atoms with Gasteiger partial charge in [-0.2, -0.15) is 0 Å². The first-order valence-electron chi connectivity index (χ1n) is 9.94. The Labute approximate surface area is 161 Å². The van der Waals surface area contributed by atoms with Crippen molar-refractivity contribution in [1.82, 2.24) is 4.90 Å². The number of carbonyl (C=O) groups excluding carboxylic acids is 1. The van der Waals surface area contributed by atoms with Gasteiger partial charge < -0.3 is 20.5 Å². The molecule has 148 valence electrons. The van der Waals surface area contributed by atoms with E-state index in [1.54, 1.807) is 0 Å². The van der Waals surface area contributed by atoms with Gasteiger partial charge >= 0.3 is 0 Å². The summed E-state index contributed by atoms with van der Waals surface area (Å²) in [5.41, 5.74) is 8.00. The third-order valence-corrected chi connectivity index (χ3v) is 5.76. The Bertz CT molecular complexity index is 698. The minimum atomic E-state index is -0.738. The van der Waals surface area contributed by atoms with Gasteiger partial charge in [-0.3, -0.25) is 4.79 Å². The number of ether oxygens (including phenoxy) is 1. The van der Waals surface area contributed by atoms with Crippen molar-refractivity contribution in [1.29, 1.82) is 0 Å². The monoisotopic (exact) mass is 373 g/mol. The van der Waals surface area contributed by atoms with Crippen LogP contribution in [0.3, 0.4) is 0 Å². The number of primary amides is 1. The lowest BCUT2D eigenvalue weighted by molar-refractivity contribution is -0.121. The molecule has 1 aromatic carbocycles. The largest absolute Gasteiger partial charge is 0.392 e. The van der Waals surface area contributed by atoms with Gasteiger partial charge in [-0.05, 0) is 49.4 Å². The van der Waals surface area contributed by atoms with Crippen molar-refractivity contribution in [3.8, 4) is 0 Å². The fraction of sp³-hybridized carbons (Fsp3) is 0.619. The molecule has 0 unspecified atom stereocenters. The fourth-order valence-electron chi connectivity index (χ4n) is 4.04. The molecule has 6 heteroatoms. The molecule has 27 heavy (non-hydrogen) atoms. The van der Waals surface area contributed by atoms with Gasteiger partial charge in [0.2, 0.25) is 5.91 Å². The van der Waals surface area contributed by atoms with E-state index in [4.69, 9.17) is 10.5 Å². The first kappa shape index (κ1) is 19.8. The van der Waals surface area contributed by atoms with Crippen LogP contribution in [0.5, 0.6) is 0 Å². The number of nitrogens with two attached hydrogens (primary N) is 1. The second-order valence-corrected chi connectivity index (χ2v) is 7.75. The summed E-state index contributed by atoms with van der Waals surface area (Å²) in [6.45, 7) is 3.46. The highest BCUT2D eigenvalue weighted by atomic mass is 16.5. The van der Waals surface area contributed by atoms with Gasteiger partial charge in [0.05, 0.1) is 30.4 Å². The second-order valence-electron chi connectivity index (χ2n) is 7.75. The molecule has 0 radical (unpaired) electrons. The van der Waals surface area contributed by atoms with Crippen LogP contribution in [0.25, 0.3) is 0 Å². The molecule has 0 spiro atoms. The van der Waals surface area contributed by atoms with Crippen molar-refractivity contribution in [2.24, 2.45) is 10.7 Å². The number of hydrogen-bond donors (Lipinski definition) is 2. The third-order valence-electron chi connectivity index (χ3n) is 5.76. The quantitative estimate of drug-likeness (QED) is 0.592. The Morgan fingerprint density at radius 2 is 2.07 bits per heavy atom. The molecule has 2 atom stereocenters. The zero-order chi connectivity index (χ0) is 19.4. The smallest absolute Gasteiger partial charge is 0.227 e. The Kier molecular flexibility index (Phi) is 6.50. The number of amidine groups is 1. The number of aliphatic hydroxyl groups excluding tert-OH is 1. The number of aliphatic hydroxyl groups is 1. The number of amides is 1. The van der Waals surface area contributed by atoms with Crippen LogP contribution < -0.4 is 5.73 Å². The third kappa shape index (κ3) is 4.87. The normalized spacial score (nSPS) is 23.3. The lowest BCUT2D eigenvalue weighted by atomic mass is 9.98. The van der Waals surface area contributed by atoms with E-state index in [1.165, 1.54) is 32.1 Å². The van der Waals surface area contributed by atoms with Gasteiger partial charge in [0.1, 0.15) is 5.84 Å². The van der Waals surface area contributed by atoms with Crippen LogP contribution in [0.1, 0.15) is 56.1 Å². The van der Waals surface area contributed by atoms with Crippen molar-refractivity contribution in [2.75, 3.05) is 20.2 Å². The van der Waals surface area contributed by atoms with E-state index in [9.17, 15) is 9.90 Å². The molecule has 2 aliphatic carbocycles. The maximum atomic E-state index is 11.7. The number of rotatable bonds is 6. The maximum absolute atomic E-state index is 11.7. The van der Waals surface area contributed by atoms with Crippen LogP contribution in [0, 0.1) is 0 Å². The summed E-state index contributed by atoms with van der Waals surface area (Å²) in [4.78, 5) is 18.4. The molecule has 6 nitrogen and oxygen atoms in total. The molecule has 1 amide bonds. The molecule has 1 saturated carbocycles. The number of fused-ring (bicyclic) bond motifs is 1. The minimum absolute atomic E-state index is 0.415. The predicted octanol–water partition coefficient (Wildman–Crippen LogP) is 2.50. The van der Waals surface area contributed by atoms with E-state index >= 15 is 0 Å². The van der Waals surface area contributed by atoms with Crippen LogP contribution in [-0.4, -0.2) is 54.2 Å². The molecule has 3 N–H and O–H groups in total. The average molecular weight is 373 g/mol. The van der Waals surface area contributed by atoms with Crippen molar-refractivity contribution in [3.63, 3.8) is 0 Å². The average Bonchev–Trinajstić information content (AvgIpc) is 2.97. The van der Waals surface area contributed by atoms with Crippen LogP contribution in [0.15, 0.2) is 23.2 Å². The fourth-order valence-corrected chi connectivity index (χ4v) is 4.04. The summed E-state index contributed by atoms with van der Waals surface area (Å²) in [5.74, 6) is -0.246. The number of aliphatic imine (C=N–C) groups is 1. The van der Waals surface area contributed by atoms with Gasteiger partial charge in [0.25, 0.3) is 0 Å². The van der Waals surface area contributed by atoms with Crippen LogP contribution in [0.4, 0.5) is 5.69 Å². The van der Waals surface area contributed by atoms with Gasteiger partial charge in [-0.1, -0.05) is 25.3 Å². The Balaban J connectivity index is 1.59. The molecule has 0 aromatic heterocycles. The highest BCUT2D eigenvalue weighted by Gasteiger charge is 2.35. The summed E-state index contributed by atoms with van der Waals surface area (Å²) in [6.07, 6.45) is 6.39. The molecule has 1 fully saturated rings. The highest BCUT2D eigenvalue weighted by molar-refractivity contribution is 5.85. The van der Waals surface area contributed by atoms with Gasteiger partial charge in [-0.15, -0.1) is 0 Å². The number of hydrogen-bond acceptors (Lipinski definition) is 4. The molecular weight excluding hydrogens is 342 g/mol. The number of likely N-dealkylation sites (N-methyl/N-ethyl adjacent to an activating group) is 1. The Morgan fingerprint density at radius 3 is 2.78 bits per heavy atom.